The van der Waals surface area contributed by atoms with Crippen molar-refractivity contribution in [2.24, 2.45) is 11.7 Å². The van der Waals surface area contributed by atoms with Crippen LogP contribution in [0.25, 0.3) is 0 Å². The minimum atomic E-state index is -2.58. The van der Waals surface area contributed by atoms with Crippen LogP contribution in [0.1, 0.15) is 68.1 Å². The highest BCUT2D eigenvalue weighted by molar-refractivity contribution is 5.45. The van der Waals surface area contributed by atoms with Gasteiger partial charge in [0.1, 0.15) is 5.75 Å². The Kier molecular flexibility index (Phi) is 5.57. The van der Waals surface area contributed by atoms with Gasteiger partial charge in [-0.3, -0.25) is 0 Å². The molecule has 3 rings (SSSR count). The molecule has 2 aliphatic carbocycles. The second-order valence-electron chi connectivity index (χ2n) is 6.01. The third kappa shape index (κ3) is 3.54. The summed E-state index contributed by atoms with van der Waals surface area (Å²) in [6, 6.07) is 3.14. The first kappa shape index (κ1) is 16.2. The highest BCUT2D eigenvalue weighted by Crippen LogP contribution is 2.47. The van der Waals surface area contributed by atoms with Gasteiger partial charge >= 0.3 is 0 Å². The number of phenolic OH excluding ortho intramolecular Hbond substituents is 1. The molecule has 0 aromatic heterocycles. The van der Waals surface area contributed by atoms with E-state index in [4.69, 9.17) is 5.73 Å². The molecule has 2 nitrogen and oxygen atoms in total. The predicted octanol–water partition coefficient (Wildman–Crippen LogP) is 4.51. The fourth-order valence-corrected chi connectivity index (χ4v) is 3.71. The molecule has 2 aliphatic rings. The van der Waals surface area contributed by atoms with Crippen molar-refractivity contribution in [1.82, 2.24) is 0 Å². The number of benzene rings is 1. The van der Waals surface area contributed by atoms with Gasteiger partial charge in [0.25, 0.3) is 6.43 Å². The quantitative estimate of drug-likeness (QED) is 0.801. The lowest BCUT2D eigenvalue weighted by Crippen LogP contribution is -2.24. The van der Waals surface area contributed by atoms with Crippen LogP contribution in [0.15, 0.2) is 12.1 Å². The van der Waals surface area contributed by atoms with Gasteiger partial charge in [0.05, 0.1) is 5.56 Å². The van der Waals surface area contributed by atoms with Gasteiger partial charge in [-0.1, -0.05) is 19.8 Å². The summed E-state index contributed by atoms with van der Waals surface area (Å²) in [5, 5.41) is 9.75. The molecule has 0 aliphatic heterocycles. The van der Waals surface area contributed by atoms with E-state index in [9.17, 15) is 13.9 Å². The van der Waals surface area contributed by atoms with Gasteiger partial charge in [0.2, 0.25) is 0 Å². The minimum absolute atomic E-state index is 0.206. The Morgan fingerprint density at radius 2 is 1.90 bits per heavy atom. The number of alkyl halides is 2. The van der Waals surface area contributed by atoms with E-state index in [0.717, 1.165) is 36.9 Å². The SMILES string of the molecule is CCN.Oc1cc2c(cc1C(F)F)CCC1CCCCC21. The lowest BCUT2D eigenvalue weighted by molar-refractivity contribution is 0.147. The zero-order valence-corrected chi connectivity index (χ0v) is 12.6. The molecule has 21 heavy (non-hydrogen) atoms. The van der Waals surface area contributed by atoms with Crippen molar-refractivity contribution in [3.8, 4) is 5.75 Å². The normalized spacial score (nSPS) is 23.9. The zero-order valence-electron chi connectivity index (χ0n) is 12.6. The average molecular weight is 297 g/mol. The maximum absolute atomic E-state index is 12.8. The van der Waals surface area contributed by atoms with E-state index in [-0.39, 0.29) is 11.3 Å². The number of fused-ring (bicyclic) bond motifs is 3. The average Bonchev–Trinajstić information content (AvgIpc) is 2.47. The van der Waals surface area contributed by atoms with Crippen LogP contribution in [0.5, 0.6) is 5.75 Å². The lowest BCUT2D eigenvalue weighted by atomic mass is 9.68. The summed E-state index contributed by atoms with van der Waals surface area (Å²) in [5.74, 6) is 0.957. The van der Waals surface area contributed by atoms with E-state index in [0.29, 0.717) is 11.8 Å². The van der Waals surface area contributed by atoms with Crippen molar-refractivity contribution in [3.63, 3.8) is 0 Å². The van der Waals surface area contributed by atoms with E-state index in [1.165, 1.54) is 25.3 Å². The van der Waals surface area contributed by atoms with Crippen LogP contribution in [0.3, 0.4) is 0 Å². The topological polar surface area (TPSA) is 46.2 Å². The summed E-state index contributed by atoms with van der Waals surface area (Å²) >= 11 is 0. The number of halogens is 2. The third-order valence-electron chi connectivity index (χ3n) is 4.62. The van der Waals surface area contributed by atoms with Gasteiger partial charge in [-0.05, 0) is 67.3 Å². The molecule has 1 fully saturated rings. The highest BCUT2D eigenvalue weighted by Gasteiger charge is 2.32. The Labute approximate surface area is 125 Å². The van der Waals surface area contributed by atoms with Crippen LogP contribution in [0.4, 0.5) is 8.78 Å². The molecule has 3 N–H and O–H groups in total. The standard InChI is InChI=1S/C15H18F2O.C2H7N/c16-15(17)13-7-10-6-5-9-3-1-2-4-11(9)12(10)8-14(13)18;1-2-3/h7-9,11,15,18H,1-6H2;2-3H2,1H3. The molecule has 0 amide bonds. The fourth-order valence-electron chi connectivity index (χ4n) is 3.71. The summed E-state index contributed by atoms with van der Waals surface area (Å²) in [7, 11) is 0. The molecule has 4 heteroatoms. The Hall–Kier alpha value is -1.16. The first-order valence-corrected chi connectivity index (χ1v) is 7.92. The van der Waals surface area contributed by atoms with Crippen LogP contribution < -0.4 is 5.73 Å². The molecule has 2 unspecified atom stereocenters. The van der Waals surface area contributed by atoms with Crippen LogP contribution in [-0.4, -0.2) is 11.7 Å². The number of aromatic hydroxyl groups is 1. The van der Waals surface area contributed by atoms with Crippen molar-refractivity contribution >= 4 is 0 Å². The molecule has 1 aromatic carbocycles. The van der Waals surface area contributed by atoms with E-state index >= 15 is 0 Å². The second-order valence-corrected chi connectivity index (χ2v) is 6.01. The molecular formula is C17H25F2NO. The summed E-state index contributed by atoms with van der Waals surface area (Å²) in [4.78, 5) is 0. The highest BCUT2D eigenvalue weighted by atomic mass is 19.3. The van der Waals surface area contributed by atoms with Crippen LogP contribution in [0, 0.1) is 5.92 Å². The van der Waals surface area contributed by atoms with Crippen molar-refractivity contribution in [1.29, 1.82) is 0 Å². The molecule has 0 saturated heterocycles. The Morgan fingerprint density at radius 1 is 1.24 bits per heavy atom. The second kappa shape index (κ2) is 7.21. The monoisotopic (exact) mass is 297 g/mol. The Bertz CT molecular complexity index is 476. The maximum Gasteiger partial charge on any atom is 0.267 e. The van der Waals surface area contributed by atoms with Gasteiger partial charge in [-0.2, -0.15) is 0 Å². The largest absolute Gasteiger partial charge is 0.507 e. The van der Waals surface area contributed by atoms with Crippen molar-refractivity contribution < 1.29 is 13.9 Å². The Balaban J connectivity index is 0.000000497. The zero-order chi connectivity index (χ0) is 15.4. The maximum atomic E-state index is 12.8. The predicted molar refractivity (Wildman–Crippen MR) is 80.8 cm³/mol. The van der Waals surface area contributed by atoms with Crippen LogP contribution in [0.2, 0.25) is 0 Å². The van der Waals surface area contributed by atoms with E-state index < -0.39 is 6.43 Å². The van der Waals surface area contributed by atoms with E-state index in [2.05, 4.69) is 0 Å². The number of hydrogen-bond donors (Lipinski definition) is 2. The van der Waals surface area contributed by atoms with E-state index in [1.54, 1.807) is 6.07 Å². The first-order valence-electron chi connectivity index (χ1n) is 7.92. The molecular weight excluding hydrogens is 272 g/mol. The molecule has 1 aromatic rings. The molecule has 0 heterocycles. The van der Waals surface area contributed by atoms with Gasteiger partial charge < -0.3 is 10.8 Å². The smallest absolute Gasteiger partial charge is 0.267 e. The number of aryl methyl sites for hydroxylation is 1. The number of hydrogen-bond acceptors (Lipinski definition) is 2. The molecule has 1 saturated carbocycles. The number of rotatable bonds is 1. The molecule has 0 radical (unpaired) electrons. The third-order valence-corrected chi connectivity index (χ3v) is 4.62. The van der Waals surface area contributed by atoms with Gasteiger partial charge in [-0.15, -0.1) is 0 Å². The lowest BCUT2D eigenvalue weighted by Gasteiger charge is -2.37. The fraction of sp³-hybridized carbons (Fsp3) is 0.647. The van der Waals surface area contributed by atoms with Gasteiger partial charge in [-0.25, -0.2) is 8.78 Å². The number of phenols is 1. The first-order chi connectivity index (χ1) is 10.1. The van der Waals surface area contributed by atoms with Gasteiger partial charge in [0, 0.05) is 0 Å². The Morgan fingerprint density at radius 3 is 2.57 bits per heavy atom. The van der Waals surface area contributed by atoms with Crippen molar-refractivity contribution in [3.05, 3.63) is 28.8 Å². The van der Waals surface area contributed by atoms with Crippen LogP contribution in [-0.2, 0) is 6.42 Å². The van der Waals surface area contributed by atoms with Crippen molar-refractivity contribution in [2.45, 2.75) is 57.8 Å². The van der Waals surface area contributed by atoms with E-state index in [1.807, 2.05) is 6.92 Å². The molecule has 0 spiro atoms. The summed E-state index contributed by atoms with van der Waals surface area (Å²) in [5.41, 5.74) is 6.81. The molecule has 118 valence electrons. The molecule has 2 atom stereocenters. The molecule has 0 bridgehead atoms. The summed E-state index contributed by atoms with van der Waals surface area (Å²) in [6.07, 6.45) is 4.32. The number of nitrogens with two attached hydrogens (primary N) is 1. The van der Waals surface area contributed by atoms with Crippen molar-refractivity contribution in [2.75, 3.05) is 6.54 Å². The summed E-state index contributed by atoms with van der Waals surface area (Å²) < 4.78 is 25.5. The summed E-state index contributed by atoms with van der Waals surface area (Å²) in [6.45, 7) is 2.65. The van der Waals surface area contributed by atoms with Crippen LogP contribution >= 0.6 is 0 Å². The van der Waals surface area contributed by atoms with Gasteiger partial charge in [0.15, 0.2) is 0 Å². The minimum Gasteiger partial charge on any atom is -0.507 e.